The lowest BCUT2D eigenvalue weighted by Crippen LogP contribution is -2.56. The van der Waals surface area contributed by atoms with E-state index in [1.165, 1.54) is 12.0 Å². The highest BCUT2D eigenvalue weighted by Gasteiger charge is 2.53. The summed E-state index contributed by atoms with van der Waals surface area (Å²) in [6.45, 7) is 18.4. The van der Waals surface area contributed by atoms with Gasteiger partial charge in [-0.05, 0) is 26.7 Å². The summed E-state index contributed by atoms with van der Waals surface area (Å²) in [5.74, 6) is -4.98. The van der Waals surface area contributed by atoms with Crippen LogP contribution in [0.15, 0.2) is 25.3 Å². The number of rotatable bonds is 9. The maximum absolute atomic E-state index is 13.4. The standard InChI is InChI=1S/C18H29NO6.C9H14O4.CH4.I2/c1-7-8-12(18(5)24-9-10-25-18)14(20)19-13(15(21)22-6)11-23-16(19)17(2,3)4;1-3-4-7(8(10)11)9(2)12-5-6-13-9;;1-2/h7,12-13,16H,1,8-11H2,2-6H3;3,7H,1,4-6H2,2H3,(H,10,11);1H4;/t12?,13-,16+;;;/m0.../s1. The molecule has 0 aromatic heterocycles. The maximum Gasteiger partial charge on any atom is 0.331 e. The average molecular weight is 811 g/mol. The van der Waals surface area contributed by atoms with Gasteiger partial charge in [0.15, 0.2) is 17.6 Å². The SMILES string of the molecule is C.C=CCC(C(=O)N1[C@H](C(=O)OC)CO[C@@H]1C(C)(C)C)C1(C)OCCO1.C=CCC(C(=O)O)C1(C)OCCO1.II. The Kier molecular flexibility index (Phi) is 17.7. The summed E-state index contributed by atoms with van der Waals surface area (Å²) in [4.78, 5) is 38.0. The molecular weight excluding hydrogens is 764 g/mol. The molecule has 3 saturated heterocycles. The van der Waals surface area contributed by atoms with E-state index >= 15 is 0 Å². The van der Waals surface area contributed by atoms with E-state index in [9.17, 15) is 14.4 Å². The van der Waals surface area contributed by atoms with E-state index < -0.39 is 47.6 Å². The Hall–Kier alpha value is -0.850. The number of carbonyl (C=O) groups is 3. The molecule has 13 heteroatoms. The molecule has 0 aromatic rings. The second-order valence-electron chi connectivity index (χ2n) is 10.8. The van der Waals surface area contributed by atoms with Crippen molar-refractivity contribution in [2.45, 2.75) is 78.7 Å². The fourth-order valence-electron chi connectivity index (χ4n) is 4.82. The number of carboxylic acids is 1. The molecule has 0 radical (unpaired) electrons. The number of halogens is 2. The first-order valence-electron chi connectivity index (χ1n) is 12.9. The van der Waals surface area contributed by atoms with Gasteiger partial charge in [0.1, 0.15) is 12.1 Å². The molecule has 3 fully saturated rings. The fourth-order valence-corrected chi connectivity index (χ4v) is 4.82. The summed E-state index contributed by atoms with van der Waals surface area (Å²) in [7, 11) is 1.31. The molecule has 3 heterocycles. The Bertz CT molecular complexity index is 866. The zero-order chi connectivity index (χ0) is 30.7. The van der Waals surface area contributed by atoms with Gasteiger partial charge in [0.25, 0.3) is 0 Å². The zero-order valence-corrected chi connectivity index (χ0v) is 28.5. The van der Waals surface area contributed by atoms with E-state index in [0.717, 1.165) is 0 Å². The number of amides is 1. The molecule has 3 rings (SSSR count). The molecule has 238 valence electrons. The van der Waals surface area contributed by atoms with Gasteiger partial charge in [-0.2, -0.15) is 0 Å². The third-order valence-electron chi connectivity index (χ3n) is 6.86. The first kappa shape index (κ1) is 40.1. The number of nitrogens with zero attached hydrogens (tertiary/aromatic N) is 1. The third kappa shape index (κ3) is 10.4. The highest BCUT2D eigenvalue weighted by Crippen LogP contribution is 2.38. The third-order valence-corrected chi connectivity index (χ3v) is 6.86. The predicted octanol–water partition coefficient (Wildman–Crippen LogP) is 5.15. The molecule has 3 aliphatic rings. The van der Waals surface area contributed by atoms with Crippen molar-refractivity contribution < 1.29 is 47.9 Å². The molecule has 1 N–H and O–H groups in total. The minimum atomic E-state index is -1.04. The lowest BCUT2D eigenvalue weighted by molar-refractivity contribution is -0.199. The summed E-state index contributed by atoms with van der Waals surface area (Å²) in [5.41, 5.74) is -0.366. The van der Waals surface area contributed by atoms with Crippen molar-refractivity contribution in [1.29, 1.82) is 0 Å². The van der Waals surface area contributed by atoms with Gasteiger partial charge < -0.3 is 33.5 Å². The van der Waals surface area contributed by atoms with Crippen molar-refractivity contribution in [3.63, 3.8) is 0 Å². The van der Waals surface area contributed by atoms with Gasteiger partial charge in [0.2, 0.25) is 5.91 Å². The van der Waals surface area contributed by atoms with E-state index in [-0.39, 0.29) is 25.4 Å². The molecule has 0 aliphatic carbocycles. The van der Waals surface area contributed by atoms with E-state index in [2.05, 4.69) is 50.4 Å². The van der Waals surface area contributed by atoms with Gasteiger partial charge in [-0.25, -0.2) is 4.79 Å². The quantitative estimate of drug-likeness (QED) is 0.190. The normalized spacial score (nSPS) is 23.9. The highest BCUT2D eigenvalue weighted by atomic mass is 128. The van der Waals surface area contributed by atoms with Crippen LogP contribution in [0.25, 0.3) is 0 Å². The number of esters is 1. The number of hydrogen-bond acceptors (Lipinski definition) is 9. The Balaban J connectivity index is 0.000000846. The minimum absolute atomic E-state index is 0. The van der Waals surface area contributed by atoms with Crippen LogP contribution in [0.2, 0.25) is 0 Å². The van der Waals surface area contributed by atoms with Crippen LogP contribution in [0.5, 0.6) is 0 Å². The summed E-state index contributed by atoms with van der Waals surface area (Å²) in [6.07, 6.45) is 3.41. The van der Waals surface area contributed by atoms with Crippen LogP contribution in [0.4, 0.5) is 0 Å². The lowest BCUT2D eigenvalue weighted by atomic mass is 9.89. The molecule has 0 bridgehead atoms. The van der Waals surface area contributed by atoms with Crippen LogP contribution in [-0.4, -0.2) is 91.8 Å². The van der Waals surface area contributed by atoms with Crippen molar-refractivity contribution in [2.24, 2.45) is 17.3 Å². The first-order valence-corrected chi connectivity index (χ1v) is 19.2. The topological polar surface area (TPSA) is 130 Å². The second kappa shape index (κ2) is 18.1. The summed E-state index contributed by atoms with van der Waals surface area (Å²) in [5, 5.41) is 8.92. The Labute approximate surface area is 267 Å². The van der Waals surface area contributed by atoms with Crippen molar-refractivity contribution in [1.82, 2.24) is 4.90 Å². The number of allylic oxidation sites excluding steroid dienone is 2. The Morgan fingerprint density at radius 3 is 1.76 bits per heavy atom. The largest absolute Gasteiger partial charge is 0.481 e. The average Bonchev–Trinajstić information content (AvgIpc) is 3.66. The van der Waals surface area contributed by atoms with Crippen LogP contribution >= 0.6 is 37.2 Å². The van der Waals surface area contributed by atoms with E-state index in [1.54, 1.807) is 26.0 Å². The summed E-state index contributed by atoms with van der Waals surface area (Å²) >= 11 is 4.24. The molecule has 0 aromatic carbocycles. The van der Waals surface area contributed by atoms with E-state index in [4.69, 9.17) is 33.5 Å². The van der Waals surface area contributed by atoms with E-state index in [0.29, 0.717) is 39.3 Å². The van der Waals surface area contributed by atoms with Gasteiger partial charge in [0, 0.05) is 42.6 Å². The van der Waals surface area contributed by atoms with Gasteiger partial charge in [-0.3, -0.25) is 14.5 Å². The predicted molar refractivity (Wildman–Crippen MR) is 171 cm³/mol. The molecule has 0 spiro atoms. The Morgan fingerprint density at radius 2 is 1.39 bits per heavy atom. The number of carbonyl (C=O) groups excluding carboxylic acids is 2. The fraction of sp³-hybridized carbons (Fsp3) is 0.750. The van der Waals surface area contributed by atoms with Crippen LogP contribution in [0, 0.1) is 17.3 Å². The molecule has 3 aliphatic heterocycles. The number of ether oxygens (including phenoxy) is 6. The zero-order valence-electron chi connectivity index (χ0n) is 24.2. The van der Waals surface area contributed by atoms with Gasteiger partial charge in [0.05, 0.1) is 46.1 Å². The second-order valence-corrected chi connectivity index (χ2v) is 10.8. The lowest BCUT2D eigenvalue weighted by Gasteiger charge is -2.39. The van der Waals surface area contributed by atoms with Gasteiger partial charge in [-0.1, -0.05) is 40.3 Å². The molecule has 41 heavy (non-hydrogen) atoms. The van der Waals surface area contributed by atoms with Crippen molar-refractivity contribution in [2.75, 3.05) is 40.1 Å². The van der Waals surface area contributed by atoms with Crippen LogP contribution in [0.1, 0.15) is 54.9 Å². The summed E-state index contributed by atoms with van der Waals surface area (Å²) in [6, 6.07) is -0.779. The van der Waals surface area contributed by atoms with Crippen LogP contribution < -0.4 is 0 Å². The number of aliphatic carboxylic acids is 1. The molecule has 0 saturated carbocycles. The number of hydrogen-bond donors (Lipinski definition) is 1. The number of carboxylic acid groups (broad SMARTS) is 1. The van der Waals surface area contributed by atoms with Crippen LogP contribution in [0.3, 0.4) is 0 Å². The van der Waals surface area contributed by atoms with Crippen molar-refractivity contribution in [3.05, 3.63) is 25.3 Å². The summed E-state index contributed by atoms with van der Waals surface area (Å²) < 4.78 is 32.6. The minimum Gasteiger partial charge on any atom is -0.481 e. The van der Waals surface area contributed by atoms with E-state index in [1.807, 2.05) is 20.8 Å². The molecule has 11 nitrogen and oxygen atoms in total. The highest BCUT2D eigenvalue weighted by molar-refractivity contribution is 15.0. The smallest absolute Gasteiger partial charge is 0.331 e. The molecule has 2 unspecified atom stereocenters. The van der Waals surface area contributed by atoms with Gasteiger partial charge >= 0.3 is 11.9 Å². The number of methoxy groups -OCH3 is 1. The monoisotopic (exact) mass is 811 g/mol. The van der Waals surface area contributed by atoms with Crippen molar-refractivity contribution >= 4 is 55.1 Å². The molecule has 1 amide bonds. The van der Waals surface area contributed by atoms with Crippen LogP contribution in [-0.2, 0) is 42.8 Å². The first-order chi connectivity index (χ1) is 18.8. The maximum atomic E-state index is 13.4. The molecular formula is C28H47I2NO10. The van der Waals surface area contributed by atoms with Gasteiger partial charge in [-0.15, -0.1) is 13.2 Å². The Morgan fingerprint density at radius 1 is 0.976 bits per heavy atom. The van der Waals surface area contributed by atoms with Crippen molar-refractivity contribution in [3.8, 4) is 0 Å². The molecule has 4 atom stereocenters.